The van der Waals surface area contributed by atoms with Crippen LogP contribution in [-0.2, 0) is 31.0 Å². The number of alkyl halides is 3. The number of ether oxygens (including phenoxy) is 1. The van der Waals surface area contributed by atoms with Gasteiger partial charge in [-0.15, -0.1) is 0 Å². The molecule has 1 amide bonds. The Labute approximate surface area is 261 Å². The van der Waals surface area contributed by atoms with Gasteiger partial charge in [0.1, 0.15) is 18.1 Å². The third-order valence-electron chi connectivity index (χ3n) is 6.10. The largest absolute Gasteiger partial charge is 0.494 e. The Morgan fingerprint density at radius 1 is 0.844 bits per heavy atom. The second-order valence-electron chi connectivity index (χ2n) is 9.26. The number of hydrogen-bond acceptors (Lipinski definition) is 6. The van der Waals surface area contributed by atoms with Gasteiger partial charge in [0.05, 0.1) is 32.7 Å². The highest BCUT2D eigenvalue weighted by molar-refractivity contribution is 7.93. The summed E-state index contributed by atoms with van der Waals surface area (Å²) in [5, 5.41) is 1.87. The maximum absolute atomic E-state index is 13.6. The third-order valence-corrected chi connectivity index (χ3v) is 9.61. The first-order valence-electron chi connectivity index (χ1n) is 12.9. The van der Waals surface area contributed by atoms with Gasteiger partial charge in [0.25, 0.3) is 20.0 Å². The molecule has 4 aromatic rings. The highest BCUT2D eigenvalue weighted by atomic mass is 35.5. The van der Waals surface area contributed by atoms with E-state index >= 15 is 0 Å². The fraction of sp³-hybridized carbons (Fsp3) is 0.138. The zero-order valence-corrected chi connectivity index (χ0v) is 25.6. The minimum Gasteiger partial charge on any atom is -0.494 e. The SMILES string of the molecule is CCOc1ccc(S(=O)(=O)N(CC(=O)Nc2ccc(S(=O)(=O)Nc3ccc(Cl)c(C(F)(F)F)c3)cc2)c2ccc(F)cc2)cc1. The predicted molar refractivity (Wildman–Crippen MR) is 161 cm³/mol. The van der Waals surface area contributed by atoms with Crippen LogP contribution in [0, 0.1) is 5.82 Å². The van der Waals surface area contributed by atoms with Crippen LogP contribution in [0.25, 0.3) is 0 Å². The molecule has 0 atom stereocenters. The van der Waals surface area contributed by atoms with Gasteiger partial charge < -0.3 is 10.1 Å². The number of sulfonamides is 2. The van der Waals surface area contributed by atoms with E-state index in [0.717, 1.165) is 40.7 Å². The van der Waals surface area contributed by atoms with E-state index in [4.69, 9.17) is 16.3 Å². The van der Waals surface area contributed by atoms with Crippen LogP contribution >= 0.6 is 11.6 Å². The Morgan fingerprint density at radius 3 is 2.00 bits per heavy atom. The van der Waals surface area contributed by atoms with Crippen molar-refractivity contribution in [2.24, 2.45) is 0 Å². The molecule has 0 aliphatic rings. The molecule has 4 rings (SSSR count). The smallest absolute Gasteiger partial charge is 0.417 e. The number of nitrogens with zero attached hydrogens (tertiary/aromatic N) is 1. The highest BCUT2D eigenvalue weighted by Crippen LogP contribution is 2.36. The molecule has 0 saturated heterocycles. The summed E-state index contributed by atoms with van der Waals surface area (Å²) >= 11 is 5.59. The van der Waals surface area contributed by atoms with Gasteiger partial charge in [-0.25, -0.2) is 21.2 Å². The van der Waals surface area contributed by atoms with Gasteiger partial charge in [-0.1, -0.05) is 11.6 Å². The van der Waals surface area contributed by atoms with E-state index in [1.165, 1.54) is 48.5 Å². The summed E-state index contributed by atoms with van der Waals surface area (Å²) in [6, 6.07) is 17.1. The van der Waals surface area contributed by atoms with Crippen LogP contribution in [0.5, 0.6) is 5.75 Å². The molecule has 0 saturated carbocycles. The first-order chi connectivity index (χ1) is 21.1. The Hall–Kier alpha value is -4.34. The fourth-order valence-corrected chi connectivity index (χ4v) is 6.69. The van der Waals surface area contributed by atoms with Crippen molar-refractivity contribution >= 4 is 54.6 Å². The molecule has 45 heavy (non-hydrogen) atoms. The molecule has 0 heterocycles. The normalized spacial score (nSPS) is 12.0. The first kappa shape index (κ1) is 33.6. The topological polar surface area (TPSA) is 122 Å². The molecule has 0 radical (unpaired) electrons. The Morgan fingerprint density at radius 2 is 1.42 bits per heavy atom. The number of carbonyl (C=O) groups is 1. The molecule has 0 aliphatic heterocycles. The third kappa shape index (κ3) is 8.23. The molecule has 0 bridgehead atoms. The van der Waals surface area contributed by atoms with Crippen LogP contribution < -0.4 is 19.1 Å². The number of rotatable bonds is 11. The summed E-state index contributed by atoms with van der Waals surface area (Å²) in [7, 11) is -8.68. The number of amides is 1. The quantitative estimate of drug-likeness (QED) is 0.173. The van der Waals surface area contributed by atoms with E-state index in [-0.39, 0.29) is 26.9 Å². The lowest BCUT2D eigenvalue weighted by Gasteiger charge is -2.24. The van der Waals surface area contributed by atoms with E-state index in [2.05, 4.69) is 5.32 Å². The van der Waals surface area contributed by atoms with Crippen LogP contribution in [0.1, 0.15) is 12.5 Å². The highest BCUT2D eigenvalue weighted by Gasteiger charge is 2.34. The molecule has 0 spiro atoms. The summed E-state index contributed by atoms with van der Waals surface area (Å²) in [6.07, 6.45) is -4.81. The first-order valence-corrected chi connectivity index (χ1v) is 16.2. The standard InChI is InChI=1S/C29H24ClF4N3O6S2/c1-2-43-23-10-14-25(15-11-23)45(41,42)37(22-8-3-19(31)4-9-22)18-28(38)35-20-5-12-24(13-6-20)44(39,40)36-21-7-16-27(30)26(17-21)29(32,33)34/h3-17,36H,2,18H2,1H3,(H,35,38). The maximum atomic E-state index is 13.6. The monoisotopic (exact) mass is 685 g/mol. The van der Waals surface area contributed by atoms with Gasteiger partial charge in [0.15, 0.2) is 0 Å². The summed E-state index contributed by atoms with van der Waals surface area (Å²) in [5.74, 6) is -1.01. The van der Waals surface area contributed by atoms with Crippen molar-refractivity contribution in [2.45, 2.75) is 22.9 Å². The van der Waals surface area contributed by atoms with Gasteiger partial charge >= 0.3 is 6.18 Å². The lowest BCUT2D eigenvalue weighted by molar-refractivity contribution is -0.137. The second kappa shape index (κ2) is 13.3. The minimum absolute atomic E-state index is 0.00355. The molecule has 0 fully saturated rings. The molecule has 4 aromatic carbocycles. The van der Waals surface area contributed by atoms with Crippen LogP contribution in [0.2, 0.25) is 5.02 Å². The number of anilines is 3. The maximum Gasteiger partial charge on any atom is 0.417 e. The van der Waals surface area contributed by atoms with Crippen LogP contribution in [0.15, 0.2) is 101 Å². The zero-order valence-electron chi connectivity index (χ0n) is 23.2. The van der Waals surface area contributed by atoms with E-state index in [9.17, 15) is 39.2 Å². The van der Waals surface area contributed by atoms with E-state index in [0.29, 0.717) is 18.4 Å². The lowest BCUT2D eigenvalue weighted by Crippen LogP contribution is -2.38. The molecule has 16 heteroatoms. The number of halogens is 5. The van der Waals surface area contributed by atoms with Crippen LogP contribution in [0.3, 0.4) is 0 Å². The zero-order chi connectivity index (χ0) is 33.0. The molecule has 9 nitrogen and oxygen atoms in total. The number of nitrogens with one attached hydrogen (secondary N) is 2. The van der Waals surface area contributed by atoms with E-state index in [1.807, 2.05) is 4.72 Å². The van der Waals surface area contributed by atoms with Gasteiger partial charge in [-0.3, -0.25) is 13.8 Å². The summed E-state index contributed by atoms with van der Waals surface area (Å²) in [6.45, 7) is 1.39. The van der Waals surface area contributed by atoms with Crippen molar-refractivity contribution in [3.8, 4) is 5.75 Å². The summed E-state index contributed by atoms with van der Waals surface area (Å²) in [5.41, 5.74) is -1.51. The predicted octanol–water partition coefficient (Wildman–Crippen LogP) is 6.53. The van der Waals surface area contributed by atoms with Gasteiger partial charge in [-0.2, -0.15) is 13.2 Å². The Balaban J connectivity index is 1.52. The van der Waals surface area contributed by atoms with E-state index < -0.39 is 55.1 Å². The lowest BCUT2D eigenvalue weighted by atomic mass is 10.2. The number of carbonyl (C=O) groups excluding carboxylic acids is 1. The molecular weight excluding hydrogens is 662 g/mol. The van der Waals surface area contributed by atoms with Crippen molar-refractivity contribution in [1.29, 1.82) is 0 Å². The van der Waals surface area contributed by atoms with E-state index in [1.54, 1.807) is 6.92 Å². The molecule has 0 aliphatic carbocycles. The number of benzene rings is 4. The molecule has 238 valence electrons. The molecule has 2 N–H and O–H groups in total. The van der Waals surface area contributed by atoms with Crippen molar-refractivity contribution < 1.29 is 43.9 Å². The van der Waals surface area contributed by atoms with Crippen molar-refractivity contribution in [3.63, 3.8) is 0 Å². The van der Waals surface area contributed by atoms with Crippen molar-refractivity contribution in [2.75, 3.05) is 27.5 Å². The van der Waals surface area contributed by atoms with Crippen LogP contribution in [-0.4, -0.2) is 35.9 Å². The Kier molecular flexibility index (Phi) is 9.95. The molecular formula is C29H24ClF4N3O6S2. The van der Waals surface area contributed by atoms with Gasteiger partial charge in [0.2, 0.25) is 5.91 Å². The fourth-order valence-electron chi connectivity index (χ4n) is 3.99. The number of hydrogen-bond donors (Lipinski definition) is 2. The second-order valence-corrected chi connectivity index (χ2v) is 13.2. The van der Waals surface area contributed by atoms with Crippen molar-refractivity contribution in [1.82, 2.24) is 0 Å². The average molecular weight is 686 g/mol. The molecule has 0 aromatic heterocycles. The van der Waals surface area contributed by atoms with Gasteiger partial charge in [0, 0.05) is 11.4 Å². The average Bonchev–Trinajstić information content (AvgIpc) is 2.97. The van der Waals surface area contributed by atoms with Crippen LogP contribution in [0.4, 0.5) is 34.6 Å². The molecule has 0 unspecified atom stereocenters. The van der Waals surface area contributed by atoms with Gasteiger partial charge in [-0.05, 0) is 97.9 Å². The summed E-state index contributed by atoms with van der Waals surface area (Å²) < 4.78 is 114. The summed E-state index contributed by atoms with van der Waals surface area (Å²) in [4.78, 5) is 12.5. The minimum atomic E-state index is -4.81. The van der Waals surface area contributed by atoms with Crippen molar-refractivity contribution in [3.05, 3.63) is 107 Å². The Bertz CT molecular complexity index is 1890.